The minimum atomic E-state index is -0.100. The van der Waals surface area contributed by atoms with Gasteiger partial charge in [-0.3, -0.25) is 9.78 Å². The molecule has 116 valence electrons. The van der Waals surface area contributed by atoms with E-state index < -0.39 is 0 Å². The third kappa shape index (κ3) is 4.40. The summed E-state index contributed by atoms with van der Waals surface area (Å²) >= 11 is 0. The van der Waals surface area contributed by atoms with Gasteiger partial charge in [0.15, 0.2) is 0 Å². The van der Waals surface area contributed by atoms with Crippen molar-refractivity contribution in [3.8, 4) is 0 Å². The Hall–Kier alpha value is -2.20. The molecular weight excluding hydrogens is 276 g/mol. The van der Waals surface area contributed by atoms with E-state index in [4.69, 9.17) is 0 Å². The summed E-state index contributed by atoms with van der Waals surface area (Å²) < 4.78 is 0. The van der Waals surface area contributed by atoms with Gasteiger partial charge in [-0.2, -0.15) is 0 Å². The molecule has 1 atom stereocenters. The largest absolute Gasteiger partial charge is 0.396 e. The maximum Gasteiger partial charge on any atom is 0.251 e. The number of aromatic nitrogens is 1. The first kappa shape index (κ1) is 16.2. The maximum absolute atomic E-state index is 12.2. The topological polar surface area (TPSA) is 62.2 Å². The van der Waals surface area contributed by atoms with Gasteiger partial charge in [-0.25, -0.2) is 0 Å². The molecule has 0 aliphatic carbocycles. The molecule has 0 spiro atoms. The van der Waals surface area contributed by atoms with Gasteiger partial charge in [-0.15, -0.1) is 0 Å². The van der Waals surface area contributed by atoms with Crippen molar-refractivity contribution < 1.29 is 9.90 Å². The molecule has 2 aromatic rings. The number of hydrogen-bond acceptors (Lipinski definition) is 3. The van der Waals surface area contributed by atoms with Gasteiger partial charge in [-0.1, -0.05) is 23.8 Å². The van der Waals surface area contributed by atoms with E-state index in [9.17, 15) is 9.90 Å². The Labute approximate surface area is 131 Å². The molecule has 2 rings (SSSR count). The van der Waals surface area contributed by atoms with E-state index in [1.54, 1.807) is 6.20 Å². The number of rotatable bonds is 6. The van der Waals surface area contributed by atoms with Gasteiger partial charge in [0.25, 0.3) is 5.91 Å². The number of aliphatic hydroxyl groups excluding tert-OH is 1. The van der Waals surface area contributed by atoms with E-state index in [0.29, 0.717) is 18.5 Å². The van der Waals surface area contributed by atoms with E-state index in [0.717, 1.165) is 16.8 Å². The molecule has 4 nitrogen and oxygen atoms in total. The van der Waals surface area contributed by atoms with Crippen molar-refractivity contribution in [2.45, 2.75) is 20.3 Å². The standard InChI is InChI=1S/C18H22N2O2/c1-13-6-7-17(14(2)9-13)18(22)20-11-15(12-21)10-16-5-3-4-8-19-16/h3-9,15,21H,10-12H2,1-2H3,(H,20,22). The van der Waals surface area contributed by atoms with Gasteiger partial charge in [0.1, 0.15) is 0 Å². The number of nitrogens with zero attached hydrogens (tertiary/aromatic N) is 1. The summed E-state index contributed by atoms with van der Waals surface area (Å²) in [6, 6.07) is 11.5. The molecular formula is C18H22N2O2. The molecule has 1 aromatic carbocycles. The van der Waals surface area contributed by atoms with E-state index in [1.165, 1.54) is 0 Å². The number of nitrogens with one attached hydrogen (secondary N) is 1. The van der Waals surface area contributed by atoms with Crippen molar-refractivity contribution in [2.75, 3.05) is 13.2 Å². The average molecular weight is 298 g/mol. The second-order valence-electron chi connectivity index (χ2n) is 5.60. The van der Waals surface area contributed by atoms with Crippen LogP contribution in [0.3, 0.4) is 0 Å². The smallest absolute Gasteiger partial charge is 0.251 e. The fourth-order valence-corrected chi connectivity index (χ4v) is 2.42. The zero-order valence-electron chi connectivity index (χ0n) is 13.0. The average Bonchev–Trinajstić information content (AvgIpc) is 2.52. The molecule has 22 heavy (non-hydrogen) atoms. The number of pyridine rings is 1. The highest BCUT2D eigenvalue weighted by Crippen LogP contribution is 2.11. The number of aryl methyl sites for hydroxylation is 2. The molecule has 1 heterocycles. The van der Waals surface area contributed by atoms with E-state index in [2.05, 4.69) is 10.3 Å². The monoisotopic (exact) mass is 298 g/mol. The second kappa shape index (κ2) is 7.71. The number of amides is 1. The van der Waals surface area contributed by atoms with E-state index in [1.807, 2.05) is 50.2 Å². The molecule has 2 N–H and O–H groups in total. The van der Waals surface area contributed by atoms with E-state index >= 15 is 0 Å². The minimum Gasteiger partial charge on any atom is -0.396 e. The van der Waals surface area contributed by atoms with Crippen molar-refractivity contribution in [2.24, 2.45) is 5.92 Å². The van der Waals surface area contributed by atoms with Crippen LogP contribution in [0.5, 0.6) is 0 Å². The molecule has 0 fully saturated rings. The molecule has 0 saturated carbocycles. The highest BCUT2D eigenvalue weighted by atomic mass is 16.3. The molecule has 0 saturated heterocycles. The lowest BCUT2D eigenvalue weighted by Crippen LogP contribution is -2.32. The highest BCUT2D eigenvalue weighted by molar-refractivity contribution is 5.95. The number of benzene rings is 1. The quantitative estimate of drug-likeness (QED) is 0.860. The lowest BCUT2D eigenvalue weighted by Gasteiger charge is -2.15. The number of hydrogen-bond donors (Lipinski definition) is 2. The van der Waals surface area contributed by atoms with Crippen LogP contribution < -0.4 is 5.32 Å². The lowest BCUT2D eigenvalue weighted by atomic mass is 10.0. The van der Waals surface area contributed by atoms with Crippen LogP contribution in [0, 0.1) is 19.8 Å². The Morgan fingerprint density at radius 1 is 1.27 bits per heavy atom. The Morgan fingerprint density at radius 3 is 2.73 bits per heavy atom. The summed E-state index contributed by atoms with van der Waals surface area (Å²) in [5.74, 6) is -0.137. The van der Waals surface area contributed by atoms with Crippen LogP contribution in [0.1, 0.15) is 27.2 Å². The Bertz CT molecular complexity index is 626. The highest BCUT2D eigenvalue weighted by Gasteiger charge is 2.13. The van der Waals surface area contributed by atoms with Crippen LogP contribution in [-0.2, 0) is 6.42 Å². The molecule has 0 bridgehead atoms. The molecule has 0 aliphatic heterocycles. The SMILES string of the molecule is Cc1ccc(C(=O)NCC(CO)Cc2ccccn2)c(C)c1. The zero-order valence-corrected chi connectivity index (χ0v) is 13.0. The molecule has 1 aromatic heterocycles. The third-order valence-electron chi connectivity index (χ3n) is 3.66. The molecule has 1 amide bonds. The van der Waals surface area contributed by atoms with Gasteiger partial charge >= 0.3 is 0 Å². The number of aliphatic hydroxyl groups is 1. The van der Waals surface area contributed by atoms with Crippen molar-refractivity contribution in [3.63, 3.8) is 0 Å². The molecule has 1 unspecified atom stereocenters. The predicted molar refractivity (Wildman–Crippen MR) is 86.8 cm³/mol. The normalized spacial score (nSPS) is 12.0. The number of carbonyl (C=O) groups is 1. The van der Waals surface area contributed by atoms with Crippen LogP contribution in [0.25, 0.3) is 0 Å². The van der Waals surface area contributed by atoms with Gasteiger partial charge in [-0.05, 0) is 44.0 Å². The predicted octanol–water partition coefficient (Wildman–Crippen LogP) is 2.28. The first-order valence-electron chi connectivity index (χ1n) is 7.46. The third-order valence-corrected chi connectivity index (χ3v) is 3.66. The summed E-state index contributed by atoms with van der Waals surface area (Å²) in [5.41, 5.74) is 3.70. The Kier molecular flexibility index (Phi) is 5.67. The zero-order chi connectivity index (χ0) is 15.9. The lowest BCUT2D eigenvalue weighted by molar-refractivity contribution is 0.0939. The van der Waals surface area contributed by atoms with Crippen molar-refractivity contribution in [1.82, 2.24) is 10.3 Å². The summed E-state index contributed by atoms with van der Waals surface area (Å²) in [7, 11) is 0. The van der Waals surface area contributed by atoms with Crippen molar-refractivity contribution >= 4 is 5.91 Å². The fourth-order valence-electron chi connectivity index (χ4n) is 2.42. The van der Waals surface area contributed by atoms with Gasteiger partial charge in [0, 0.05) is 36.5 Å². The molecule has 0 radical (unpaired) electrons. The summed E-state index contributed by atoms with van der Waals surface area (Å²) in [4.78, 5) is 16.5. The molecule has 4 heteroatoms. The van der Waals surface area contributed by atoms with Gasteiger partial charge < -0.3 is 10.4 Å². The van der Waals surface area contributed by atoms with Gasteiger partial charge in [0.05, 0.1) is 0 Å². The van der Waals surface area contributed by atoms with Crippen molar-refractivity contribution in [3.05, 3.63) is 65.0 Å². The Balaban J connectivity index is 1.94. The van der Waals surface area contributed by atoms with Crippen LogP contribution in [0.2, 0.25) is 0 Å². The van der Waals surface area contributed by atoms with Crippen LogP contribution in [0.4, 0.5) is 0 Å². The molecule has 0 aliphatic rings. The Morgan fingerprint density at radius 2 is 2.09 bits per heavy atom. The fraction of sp³-hybridized carbons (Fsp3) is 0.333. The van der Waals surface area contributed by atoms with Crippen LogP contribution >= 0.6 is 0 Å². The summed E-state index contributed by atoms with van der Waals surface area (Å²) in [6.07, 6.45) is 2.38. The second-order valence-corrected chi connectivity index (χ2v) is 5.60. The number of carbonyl (C=O) groups excluding carboxylic acids is 1. The minimum absolute atomic E-state index is 0.0176. The summed E-state index contributed by atoms with van der Waals surface area (Å²) in [6.45, 7) is 4.38. The van der Waals surface area contributed by atoms with Gasteiger partial charge in [0.2, 0.25) is 0 Å². The first-order valence-corrected chi connectivity index (χ1v) is 7.46. The van der Waals surface area contributed by atoms with Crippen LogP contribution in [0.15, 0.2) is 42.6 Å². The van der Waals surface area contributed by atoms with E-state index in [-0.39, 0.29) is 18.4 Å². The van der Waals surface area contributed by atoms with Crippen molar-refractivity contribution in [1.29, 1.82) is 0 Å². The summed E-state index contributed by atoms with van der Waals surface area (Å²) in [5, 5.41) is 12.4. The maximum atomic E-state index is 12.2. The van der Waals surface area contributed by atoms with Crippen LogP contribution in [-0.4, -0.2) is 29.1 Å². The first-order chi connectivity index (χ1) is 10.6.